The summed E-state index contributed by atoms with van der Waals surface area (Å²) < 4.78 is 5.36. The molecule has 1 heterocycles. The van der Waals surface area contributed by atoms with Crippen LogP contribution >= 0.6 is 0 Å². The molecule has 1 aliphatic rings. The molecule has 0 spiro atoms. The van der Waals surface area contributed by atoms with Crippen LogP contribution < -0.4 is 5.32 Å². The van der Waals surface area contributed by atoms with Crippen molar-refractivity contribution in [1.82, 2.24) is 10.2 Å². The van der Waals surface area contributed by atoms with E-state index in [-0.39, 0.29) is 18.0 Å². The van der Waals surface area contributed by atoms with Crippen molar-refractivity contribution in [2.24, 2.45) is 0 Å². The quantitative estimate of drug-likeness (QED) is 0.707. The van der Waals surface area contributed by atoms with Gasteiger partial charge < -0.3 is 15.0 Å². The monoisotopic (exact) mass is 228 g/mol. The molecule has 2 unspecified atom stereocenters. The number of likely N-dealkylation sites (tertiary alicyclic amines) is 1. The van der Waals surface area contributed by atoms with Crippen molar-refractivity contribution < 1.29 is 9.53 Å². The molecule has 16 heavy (non-hydrogen) atoms. The van der Waals surface area contributed by atoms with Crippen molar-refractivity contribution in [3.63, 3.8) is 0 Å². The highest BCUT2D eigenvalue weighted by Crippen LogP contribution is 2.14. The molecule has 94 valence electrons. The second-order valence-electron chi connectivity index (χ2n) is 4.34. The molecule has 1 aliphatic heterocycles. The fraction of sp³-hybridized carbons (Fsp3) is 0.917. The average Bonchev–Trinajstić information content (AvgIpc) is 2.65. The molecule has 1 N–H and O–H groups in total. The van der Waals surface area contributed by atoms with Crippen LogP contribution in [0.3, 0.4) is 0 Å². The molecule has 0 bridgehead atoms. The lowest BCUT2D eigenvalue weighted by atomic mass is 10.2. The molecule has 0 radical (unpaired) electrons. The van der Waals surface area contributed by atoms with Gasteiger partial charge in [-0.2, -0.15) is 0 Å². The van der Waals surface area contributed by atoms with Crippen molar-refractivity contribution in [3.8, 4) is 0 Å². The van der Waals surface area contributed by atoms with Gasteiger partial charge in [-0.1, -0.05) is 6.92 Å². The highest BCUT2D eigenvalue weighted by Gasteiger charge is 2.33. The van der Waals surface area contributed by atoms with Gasteiger partial charge in [-0.15, -0.1) is 0 Å². The summed E-state index contributed by atoms with van der Waals surface area (Å²) in [6, 6.07) is 0.227. The SMILES string of the molecule is CCCNC1CCN(C(C)COCC)C1=O. The second kappa shape index (κ2) is 6.86. The Morgan fingerprint density at radius 3 is 2.94 bits per heavy atom. The van der Waals surface area contributed by atoms with E-state index in [4.69, 9.17) is 4.74 Å². The van der Waals surface area contributed by atoms with Crippen LogP contribution in [0.5, 0.6) is 0 Å². The third-order valence-corrected chi connectivity index (χ3v) is 2.98. The largest absolute Gasteiger partial charge is 0.380 e. The Hall–Kier alpha value is -0.610. The fourth-order valence-corrected chi connectivity index (χ4v) is 2.03. The van der Waals surface area contributed by atoms with E-state index in [0.29, 0.717) is 13.2 Å². The van der Waals surface area contributed by atoms with E-state index < -0.39 is 0 Å². The molecule has 0 saturated carbocycles. The van der Waals surface area contributed by atoms with Gasteiger partial charge in [-0.25, -0.2) is 0 Å². The maximum atomic E-state index is 12.0. The van der Waals surface area contributed by atoms with Crippen molar-refractivity contribution in [2.75, 3.05) is 26.3 Å². The van der Waals surface area contributed by atoms with Crippen molar-refractivity contribution in [2.45, 2.75) is 45.7 Å². The van der Waals surface area contributed by atoms with Crippen LogP contribution in [0.2, 0.25) is 0 Å². The summed E-state index contributed by atoms with van der Waals surface area (Å²) in [6.07, 6.45) is 1.99. The van der Waals surface area contributed by atoms with Crippen LogP contribution in [0.15, 0.2) is 0 Å². The lowest BCUT2D eigenvalue weighted by molar-refractivity contribution is -0.132. The van der Waals surface area contributed by atoms with Crippen LogP contribution in [0.1, 0.15) is 33.6 Å². The van der Waals surface area contributed by atoms with Crippen LogP contribution in [0.25, 0.3) is 0 Å². The maximum Gasteiger partial charge on any atom is 0.240 e. The van der Waals surface area contributed by atoms with Crippen molar-refractivity contribution in [1.29, 1.82) is 0 Å². The van der Waals surface area contributed by atoms with Gasteiger partial charge in [0.15, 0.2) is 0 Å². The van der Waals surface area contributed by atoms with Crippen molar-refractivity contribution in [3.05, 3.63) is 0 Å². The van der Waals surface area contributed by atoms with Gasteiger partial charge in [0.2, 0.25) is 5.91 Å². The third kappa shape index (κ3) is 3.46. The Bertz CT molecular complexity index is 221. The number of amides is 1. The molecule has 1 rings (SSSR count). The van der Waals surface area contributed by atoms with E-state index in [2.05, 4.69) is 19.2 Å². The fourth-order valence-electron chi connectivity index (χ4n) is 2.03. The number of ether oxygens (including phenoxy) is 1. The lowest BCUT2D eigenvalue weighted by Crippen LogP contribution is -2.43. The Kier molecular flexibility index (Phi) is 5.77. The first-order chi connectivity index (χ1) is 7.70. The minimum atomic E-state index is 0.0315. The highest BCUT2D eigenvalue weighted by molar-refractivity contribution is 5.84. The van der Waals surface area contributed by atoms with Crippen LogP contribution in [0, 0.1) is 0 Å². The van der Waals surface area contributed by atoms with Crippen LogP contribution in [0.4, 0.5) is 0 Å². The van der Waals surface area contributed by atoms with Gasteiger partial charge in [-0.05, 0) is 33.2 Å². The Morgan fingerprint density at radius 2 is 2.31 bits per heavy atom. The normalized spacial score (nSPS) is 22.8. The minimum absolute atomic E-state index is 0.0315. The molecular formula is C12H24N2O2. The molecule has 1 amide bonds. The summed E-state index contributed by atoms with van der Waals surface area (Å²) in [5.41, 5.74) is 0. The van der Waals surface area contributed by atoms with Gasteiger partial charge >= 0.3 is 0 Å². The number of hydrogen-bond donors (Lipinski definition) is 1. The smallest absolute Gasteiger partial charge is 0.240 e. The molecule has 1 saturated heterocycles. The summed E-state index contributed by atoms with van der Waals surface area (Å²) >= 11 is 0. The Labute approximate surface area is 98.3 Å². The number of rotatable bonds is 7. The molecular weight excluding hydrogens is 204 g/mol. The van der Waals surface area contributed by atoms with Gasteiger partial charge in [0.05, 0.1) is 18.7 Å². The standard InChI is InChI=1S/C12H24N2O2/c1-4-7-13-11-6-8-14(12(11)15)10(3)9-16-5-2/h10-11,13H,4-9H2,1-3H3. The number of nitrogens with one attached hydrogen (secondary N) is 1. The summed E-state index contributed by atoms with van der Waals surface area (Å²) in [5.74, 6) is 0.237. The van der Waals surface area contributed by atoms with Gasteiger partial charge in [0.25, 0.3) is 0 Å². The molecule has 2 atom stereocenters. The zero-order valence-corrected chi connectivity index (χ0v) is 10.7. The molecule has 0 aliphatic carbocycles. The van der Waals surface area contributed by atoms with Crippen LogP contribution in [-0.4, -0.2) is 49.2 Å². The Balaban J connectivity index is 2.37. The minimum Gasteiger partial charge on any atom is -0.380 e. The second-order valence-corrected chi connectivity index (χ2v) is 4.34. The number of hydrogen-bond acceptors (Lipinski definition) is 3. The van der Waals surface area contributed by atoms with E-state index in [1.54, 1.807) is 0 Å². The van der Waals surface area contributed by atoms with E-state index >= 15 is 0 Å². The molecule has 0 aromatic rings. The predicted octanol–water partition coefficient (Wildman–Crippen LogP) is 1.01. The molecule has 0 aromatic heterocycles. The number of carbonyl (C=O) groups is 1. The zero-order valence-electron chi connectivity index (χ0n) is 10.7. The summed E-state index contributed by atoms with van der Waals surface area (Å²) in [6.45, 7) is 9.27. The molecule has 4 nitrogen and oxygen atoms in total. The highest BCUT2D eigenvalue weighted by atomic mass is 16.5. The third-order valence-electron chi connectivity index (χ3n) is 2.98. The number of nitrogens with zero attached hydrogens (tertiary/aromatic N) is 1. The summed E-state index contributed by atoms with van der Waals surface area (Å²) in [7, 11) is 0. The summed E-state index contributed by atoms with van der Waals surface area (Å²) in [5, 5.41) is 3.29. The predicted molar refractivity (Wildman–Crippen MR) is 64.4 cm³/mol. The maximum absolute atomic E-state index is 12.0. The zero-order chi connectivity index (χ0) is 12.0. The average molecular weight is 228 g/mol. The lowest BCUT2D eigenvalue weighted by Gasteiger charge is -2.24. The van der Waals surface area contributed by atoms with Gasteiger partial charge in [0, 0.05) is 13.2 Å². The first-order valence-electron chi connectivity index (χ1n) is 6.32. The van der Waals surface area contributed by atoms with E-state index in [1.807, 2.05) is 11.8 Å². The van der Waals surface area contributed by atoms with Gasteiger partial charge in [-0.3, -0.25) is 4.79 Å². The first kappa shape index (κ1) is 13.5. The molecule has 4 heteroatoms. The van der Waals surface area contributed by atoms with Crippen LogP contribution in [-0.2, 0) is 9.53 Å². The molecule has 0 aromatic carbocycles. The summed E-state index contributed by atoms with van der Waals surface area (Å²) in [4.78, 5) is 14.0. The van der Waals surface area contributed by atoms with E-state index in [0.717, 1.165) is 25.9 Å². The topological polar surface area (TPSA) is 41.6 Å². The molecule has 1 fully saturated rings. The first-order valence-corrected chi connectivity index (χ1v) is 6.32. The Morgan fingerprint density at radius 1 is 1.56 bits per heavy atom. The van der Waals surface area contributed by atoms with Gasteiger partial charge in [0.1, 0.15) is 0 Å². The van der Waals surface area contributed by atoms with E-state index in [9.17, 15) is 4.79 Å². The number of carbonyl (C=O) groups excluding carboxylic acids is 1. The van der Waals surface area contributed by atoms with E-state index in [1.165, 1.54) is 0 Å². The van der Waals surface area contributed by atoms with Crippen molar-refractivity contribution >= 4 is 5.91 Å².